The largest absolute Gasteiger partial charge is 0.481 e. The van der Waals surface area contributed by atoms with Gasteiger partial charge in [0.25, 0.3) is 5.69 Å². The van der Waals surface area contributed by atoms with Crippen LogP contribution in [-0.2, 0) is 4.79 Å². The molecular weight excluding hydrogens is 272 g/mol. The minimum absolute atomic E-state index is 0.115. The van der Waals surface area contributed by atoms with Crippen LogP contribution in [-0.4, -0.2) is 29.1 Å². The summed E-state index contributed by atoms with van der Waals surface area (Å²) in [6.45, 7) is 4.97. The summed E-state index contributed by atoms with van der Waals surface area (Å²) in [5, 5.41) is 20.2. The van der Waals surface area contributed by atoms with Gasteiger partial charge in [-0.3, -0.25) is 14.9 Å². The number of aliphatic carboxylic acids is 1. The molecule has 1 N–H and O–H groups in total. The van der Waals surface area contributed by atoms with Gasteiger partial charge in [0.15, 0.2) is 0 Å². The number of carbonyl (C=O) groups is 1. The van der Waals surface area contributed by atoms with E-state index in [9.17, 15) is 20.0 Å². The number of aryl methyl sites for hydroxylation is 1. The molecule has 2 rings (SSSR count). The molecule has 0 radical (unpaired) electrons. The fraction of sp³-hybridized carbons (Fsp3) is 0.533. The van der Waals surface area contributed by atoms with Gasteiger partial charge in [0.1, 0.15) is 0 Å². The first kappa shape index (κ1) is 15.3. The molecule has 0 unspecified atom stereocenters. The van der Waals surface area contributed by atoms with Crippen molar-refractivity contribution in [3.63, 3.8) is 0 Å². The number of nitrogens with zero attached hydrogens (tertiary/aromatic N) is 2. The van der Waals surface area contributed by atoms with E-state index < -0.39 is 11.4 Å². The van der Waals surface area contributed by atoms with E-state index in [1.165, 1.54) is 6.07 Å². The second-order valence-corrected chi connectivity index (χ2v) is 5.65. The normalized spacial score (nSPS) is 17.5. The second kappa shape index (κ2) is 5.71. The van der Waals surface area contributed by atoms with Gasteiger partial charge in [-0.25, -0.2) is 0 Å². The number of nitro benzene ring substituents is 1. The summed E-state index contributed by atoms with van der Waals surface area (Å²) in [5.74, 6) is -0.718. The lowest BCUT2D eigenvalue weighted by molar-refractivity contribution is -0.385. The molecule has 0 bridgehead atoms. The minimum atomic E-state index is -0.718. The number of hydrogen-bond acceptors (Lipinski definition) is 4. The SMILES string of the molecule is CCC1(C(=O)O)CCN(c2ccc([N+](=O)[O-])c(C)c2)CC1. The Kier molecular flexibility index (Phi) is 4.16. The Morgan fingerprint density at radius 3 is 2.48 bits per heavy atom. The van der Waals surface area contributed by atoms with E-state index in [2.05, 4.69) is 4.90 Å². The van der Waals surface area contributed by atoms with Crippen molar-refractivity contribution in [2.24, 2.45) is 5.41 Å². The number of benzene rings is 1. The van der Waals surface area contributed by atoms with Crippen LogP contribution in [0.3, 0.4) is 0 Å². The van der Waals surface area contributed by atoms with Crippen molar-refractivity contribution in [3.05, 3.63) is 33.9 Å². The van der Waals surface area contributed by atoms with E-state index in [-0.39, 0.29) is 10.6 Å². The molecule has 6 nitrogen and oxygen atoms in total. The summed E-state index contributed by atoms with van der Waals surface area (Å²) in [4.78, 5) is 24.0. The van der Waals surface area contributed by atoms with Crippen molar-refractivity contribution in [1.29, 1.82) is 0 Å². The van der Waals surface area contributed by atoms with Crippen LogP contribution in [0.5, 0.6) is 0 Å². The van der Waals surface area contributed by atoms with Gasteiger partial charge in [-0.15, -0.1) is 0 Å². The Labute approximate surface area is 123 Å². The molecule has 0 spiro atoms. The number of hydrogen-bond donors (Lipinski definition) is 1. The van der Waals surface area contributed by atoms with Gasteiger partial charge in [0.05, 0.1) is 10.3 Å². The summed E-state index contributed by atoms with van der Waals surface area (Å²) in [7, 11) is 0. The van der Waals surface area contributed by atoms with E-state index in [1.807, 2.05) is 6.92 Å². The van der Waals surface area contributed by atoms with Crippen LogP contribution in [0, 0.1) is 22.5 Å². The minimum Gasteiger partial charge on any atom is -0.481 e. The molecule has 6 heteroatoms. The van der Waals surface area contributed by atoms with Crippen LogP contribution in [0.1, 0.15) is 31.7 Å². The number of carboxylic acid groups (broad SMARTS) is 1. The molecule has 1 fully saturated rings. The van der Waals surface area contributed by atoms with E-state index in [0.717, 1.165) is 5.69 Å². The lowest BCUT2D eigenvalue weighted by atomic mass is 9.76. The van der Waals surface area contributed by atoms with Gasteiger partial charge in [-0.05, 0) is 38.3 Å². The predicted octanol–water partition coefficient (Wildman–Crippen LogP) is 2.98. The number of carboxylic acids is 1. The summed E-state index contributed by atoms with van der Waals surface area (Å²) in [6, 6.07) is 5.06. The molecule has 0 aliphatic carbocycles. The summed E-state index contributed by atoms with van der Waals surface area (Å²) in [5.41, 5.74) is 1.05. The fourth-order valence-corrected chi connectivity index (χ4v) is 2.95. The summed E-state index contributed by atoms with van der Waals surface area (Å²) in [6.07, 6.45) is 1.85. The van der Waals surface area contributed by atoms with Crippen LogP contribution < -0.4 is 4.90 Å². The molecule has 0 aromatic heterocycles. The lowest BCUT2D eigenvalue weighted by Crippen LogP contribution is -2.44. The molecule has 1 aliphatic rings. The van der Waals surface area contributed by atoms with E-state index in [4.69, 9.17) is 0 Å². The highest BCUT2D eigenvalue weighted by molar-refractivity contribution is 5.75. The monoisotopic (exact) mass is 292 g/mol. The van der Waals surface area contributed by atoms with Crippen molar-refractivity contribution in [2.75, 3.05) is 18.0 Å². The van der Waals surface area contributed by atoms with Crippen molar-refractivity contribution in [1.82, 2.24) is 0 Å². The Morgan fingerprint density at radius 2 is 2.05 bits per heavy atom. The van der Waals surface area contributed by atoms with Crippen LogP contribution in [0.4, 0.5) is 11.4 Å². The molecule has 0 saturated carbocycles. The predicted molar refractivity (Wildman–Crippen MR) is 79.6 cm³/mol. The van der Waals surface area contributed by atoms with Crippen LogP contribution in [0.15, 0.2) is 18.2 Å². The molecule has 1 heterocycles. The van der Waals surface area contributed by atoms with Crippen LogP contribution >= 0.6 is 0 Å². The lowest BCUT2D eigenvalue weighted by Gasteiger charge is -2.39. The first-order valence-electron chi connectivity index (χ1n) is 7.13. The topological polar surface area (TPSA) is 83.7 Å². The van der Waals surface area contributed by atoms with Crippen molar-refractivity contribution in [2.45, 2.75) is 33.1 Å². The van der Waals surface area contributed by atoms with Gasteiger partial charge < -0.3 is 10.0 Å². The maximum atomic E-state index is 11.4. The first-order valence-corrected chi connectivity index (χ1v) is 7.13. The Bertz CT molecular complexity index is 563. The van der Waals surface area contributed by atoms with E-state index in [0.29, 0.717) is 37.9 Å². The molecule has 1 aromatic carbocycles. The quantitative estimate of drug-likeness (QED) is 0.681. The highest BCUT2D eigenvalue weighted by Crippen LogP contribution is 2.37. The molecule has 21 heavy (non-hydrogen) atoms. The third kappa shape index (κ3) is 2.84. The molecule has 1 saturated heterocycles. The summed E-state index contributed by atoms with van der Waals surface area (Å²) >= 11 is 0. The third-order valence-corrected chi connectivity index (χ3v) is 4.59. The zero-order valence-corrected chi connectivity index (χ0v) is 12.3. The molecule has 1 aliphatic heterocycles. The number of rotatable bonds is 4. The molecule has 114 valence electrons. The maximum Gasteiger partial charge on any atom is 0.309 e. The average Bonchev–Trinajstić information content (AvgIpc) is 2.46. The van der Waals surface area contributed by atoms with Crippen molar-refractivity contribution >= 4 is 17.3 Å². The van der Waals surface area contributed by atoms with Gasteiger partial charge in [-0.2, -0.15) is 0 Å². The van der Waals surface area contributed by atoms with Crippen molar-refractivity contribution < 1.29 is 14.8 Å². The smallest absolute Gasteiger partial charge is 0.309 e. The Morgan fingerprint density at radius 1 is 1.43 bits per heavy atom. The molecule has 0 atom stereocenters. The highest BCUT2D eigenvalue weighted by Gasteiger charge is 2.39. The molecule has 1 aromatic rings. The first-order chi connectivity index (χ1) is 9.89. The van der Waals surface area contributed by atoms with Gasteiger partial charge >= 0.3 is 5.97 Å². The van der Waals surface area contributed by atoms with Crippen LogP contribution in [0.25, 0.3) is 0 Å². The number of nitro groups is 1. The van der Waals surface area contributed by atoms with Crippen molar-refractivity contribution in [3.8, 4) is 0 Å². The third-order valence-electron chi connectivity index (χ3n) is 4.59. The zero-order valence-electron chi connectivity index (χ0n) is 12.3. The highest BCUT2D eigenvalue weighted by atomic mass is 16.6. The standard InChI is InChI=1S/C15H20N2O4/c1-3-15(14(18)19)6-8-16(9-7-15)12-4-5-13(17(20)21)11(2)10-12/h4-5,10H,3,6-9H2,1-2H3,(H,18,19). The Balaban J connectivity index is 2.14. The average molecular weight is 292 g/mol. The Hall–Kier alpha value is -2.11. The van der Waals surface area contributed by atoms with E-state index >= 15 is 0 Å². The molecular formula is C15H20N2O4. The number of piperidine rings is 1. The molecule has 0 amide bonds. The summed E-state index contributed by atoms with van der Waals surface area (Å²) < 4.78 is 0. The van der Waals surface area contributed by atoms with Gasteiger partial charge in [0.2, 0.25) is 0 Å². The van der Waals surface area contributed by atoms with Crippen LogP contribution in [0.2, 0.25) is 0 Å². The van der Waals surface area contributed by atoms with Gasteiger partial charge in [-0.1, -0.05) is 6.92 Å². The van der Waals surface area contributed by atoms with Gasteiger partial charge in [0, 0.05) is 30.4 Å². The van der Waals surface area contributed by atoms with E-state index in [1.54, 1.807) is 19.1 Å². The fourth-order valence-electron chi connectivity index (χ4n) is 2.95. The zero-order chi connectivity index (χ0) is 15.6. The maximum absolute atomic E-state index is 11.4. The number of anilines is 1. The second-order valence-electron chi connectivity index (χ2n) is 5.65.